The van der Waals surface area contributed by atoms with Crippen LogP contribution in [0.1, 0.15) is 23.8 Å². The fraction of sp³-hybridized carbons (Fsp3) is 0.462. The maximum Gasteiger partial charge on any atom is 0.215 e. The predicted octanol–water partition coefficient (Wildman–Crippen LogP) is 2.49. The van der Waals surface area contributed by atoms with E-state index in [-0.39, 0.29) is 0 Å². The molecule has 1 aliphatic carbocycles. The average Bonchev–Trinajstić information content (AvgIpc) is 3.02. The van der Waals surface area contributed by atoms with Gasteiger partial charge in [-0.15, -0.1) is 16.4 Å². The van der Waals surface area contributed by atoms with Crippen molar-refractivity contribution in [3.63, 3.8) is 0 Å². The van der Waals surface area contributed by atoms with Gasteiger partial charge in [0.2, 0.25) is 5.16 Å². The van der Waals surface area contributed by atoms with E-state index in [0.29, 0.717) is 0 Å². The van der Waals surface area contributed by atoms with E-state index in [4.69, 9.17) is 0 Å². The zero-order valence-corrected chi connectivity index (χ0v) is 13.4. The normalized spacial score (nSPS) is 18.1. The Balaban J connectivity index is 1.84. The minimum Gasteiger partial charge on any atom is -0.229 e. The standard InChI is InChI=1S/C13H14N6S2/c1-7-3-4-8-9(5-7)20-11-10(8)12(15-6-14-11)21-13-16-17-18-19(13)2/h6-7H,3-5H2,1-2H3. The highest BCUT2D eigenvalue weighted by Gasteiger charge is 2.23. The van der Waals surface area contributed by atoms with Gasteiger partial charge >= 0.3 is 0 Å². The summed E-state index contributed by atoms with van der Waals surface area (Å²) < 4.78 is 1.67. The summed E-state index contributed by atoms with van der Waals surface area (Å²) in [6.07, 6.45) is 5.16. The Morgan fingerprint density at radius 3 is 3.10 bits per heavy atom. The van der Waals surface area contributed by atoms with E-state index in [2.05, 4.69) is 32.4 Å². The lowest BCUT2D eigenvalue weighted by atomic mass is 9.89. The number of aromatic nitrogens is 6. The van der Waals surface area contributed by atoms with Crippen molar-refractivity contribution in [1.82, 2.24) is 30.2 Å². The minimum absolute atomic E-state index is 0.749. The molecule has 1 aliphatic rings. The molecule has 0 saturated heterocycles. The predicted molar refractivity (Wildman–Crippen MR) is 81.5 cm³/mol. The molecular weight excluding hydrogens is 304 g/mol. The van der Waals surface area contributed by atoms with Gasteiger partial charge in [-0.1, -0.05) is 6.92 Å². The van der Waals surface area contributed by atoms with Crippen LogP contribution < -0.4 is 0 Å². The van der Waals surface area contributed by atoms with E-state index in [1.807, 2.05) is 18.4 Å². The maximum atomic E-state index is 4.47. The highest BCUT2D eigenvalue weighted by atomic mass is 32.2. The monoisotopic (exact) mass is 318 g/mol. The van der Waals surface area contributed by atoms with E-state index in [9.17, 15) is 0 Å². The largest absolute Gasteiger partial charge is 0.229 e. The number of tetrazole rings is 1. The van der Waals surface area contributed by atoms with E-state index in [0.717, 1.165) is 33.8 Å². The van der Waals surface area contributed by atoms with Crippen LogP contribution >= 0.6 is 23.1 Å². The molecule has 0 amide bonds. The van der Waals surface area contributed by atoms with Gasteiger partial charge in [0, 0.05) is 17.3 Å². The fourth-order valence-electron chi connectivity index (χ4n) is 2.72. The summed E-state index contributed by atoms with van der Waals surface area (Å²) in [5.74, 6) is 0.762. The van der Waals surface area contributed by atoms with Gasteiger partial charge in [0.05, 0.1) is 0 Å². The second kappa shape index (κ2) is 5.03. The van der Waals surface area contributed by atoms with Crippen LogP contribution in [0.4, 0.5) is 0 Å². The molecule has 0 saturated carbocycles. The lowest BCUT2D eigenvalue weighted by Crippen LogP contribution is -2.08. The van der Waals surface area contributed by atoms with Gasteiger partial charge in [0.15, 0.2) is 0 Å². The van der Waals surface area contributed by atoms with Crippen molar-refractivity contribution in [2.75, 3.05) is 0 Å². The molecule has 21 heavy (non-hydrogen) atoms. The first-order valence-electron chi connectivity index (χ1n) is 6.88. The molecule has 4 rings (SSSR count). The maximum absolute atomic E-state index is 4.47. The Labute approximate surface area is 130 Å². The summed E-state index contributed by atoms with van der Waals surface area (Å²) in [7, 11) is 1.84. The molecule has 1 atom stereocenters. The van der Waals surface area contributed by atoms with Crippen LogP contribution in [0.5, 0.6) is 0 Å². The van der Waals surface area contributed by atoms with Crippen LogP contribution in [0.3, 0.4) is 0 Å². The SMILES string of the molecule is CC1CCc2c(sc3ncnc(Sc4nnnn4C)c23)C1. The van der Waals surface area contributed by atoms with E-state index in [1.165, 1.54) is 34.0 Å². The van der Waals surface area contributed by atoms with E-state index < -0.39 is 0 Å². The van der Waals surface area contributed by atoms with E-state index >= 15 is 0 Å². The third kappa shape index (κ3) is 2.22. The van der Waals surface area contributed by atoms with Crippen LogP contribution in [0, 0.1) is 5.92 Å². The third-order valence-corrected chi connectivity index (χ3v) is 6.02. The highest BCUT2D eigenvalue weighted by molar-refractivity contribution is 7.99. The van der Waals surface area contributed by atoms with Gasteiger partial charge in [-0.05, 0) is 52.9 Å². The molecule has 0 radical (unpaired) electrons. The van der Waals surface area contributed by atoms with Crippen LogP contribution in [0.2, 0.25) is 0 Å². The number of aryl methyl sites for hydroxylation is 2. The summed E-state index contributed by atoms with van der Waals surface area (Å²) >= 11 is 3.32. The summed E-state index contributed by atoms with van der Waals surface area (Å²) in [6.45, 7) is 2.32. The smallest absolute Gasteiger partial charge is 0.215 e. The zero-order valence-electron chi connectivity index (χ0n) is 11.8. The minimum atomic E-state index is 0.749. The summed E-state index contributed by atoms with van der Waals surface area (Å²) in [5.41, 5.74) is 1.44. The number of hydrogen-bond acceptors (Lipinski definition) is 7. The molecular formula is C13H14N6S2. The second-order valence-corrected chi connectivity index (χ2v) is 7.44. The van der Waals surface area contributed by atoms with Gasteiger partial charge in [0.1, 0.15) is 16.2 Å². The third-order valence-electron chi connectivity index (χ3n) is 3.83. The molecule has 0 aromatic carbocycles. The van der Waals surface area contributed by atoms with Crippen molar-refractivity contribution >= 4 is 33.3 Å². The first-order valence-corrected chi connectivity index (χ1v) is 8.51. The number of nitrogens with zero attached hydrogens (tertiary/aromatic N) is 6. The first kappa shape index (κ1) is 13.1. The number of thiophene rings is 1. The molecule has 8 heteroatoms. The van der Waals surface area contributed by atoms with Crippen molar-refractivity contribution in [2.45, 2.75) is 36.4 Å². The zero-order chi connectivity index (χ0) is 14.4. The number of rotatable bonds is 2. The Morgan fingerprint density at radius 1 is 1.38 bits per heavy atom. The van der Waals surface area contributed by atoms with E-state index in [1.54, 1.807) is 11.0 Å². The summed E-state index contributed by atoms with van der Waals surface area (Å²) in [5, 5.41) is 14.5. The van der Waals surface area contributed by atoms with Crippen molar-refractivity contribution in [3.05, 3.63) is 16.8 Å². The second-order valence-electron chi connectivity index (χ2n) is 5.40. The highest BCUT2D eigenvalue weighted by Crippen LogP contribution is 2.41. The molecule has 3 aromatic rings. The van der Waals surface area contributed by atoms with Gasteiger partial charge in [-0.3, -0.25) is 0 Å². The molecule has 6 nitrogen and oxygen atoms in total. The van der Waals surface area contributed by atoms with Gasteiger partial charge in [-0.25, -0.2) is 14.6 Å². The van der Waals surface area contributed by atoms with Gasteiger partial charge in [-0.2, -0.15) is 0 Å². The molecule has 1 unspecified atom stereocenters. The Kier molecular flexibility index (Phi) is 3.15. The summed E-state index contributed by atoms with van der Waals surface area (Å²) in [4.78, 5) is 11.5. The lowest BCUT2D eigenvalue weighted by Gasteiger charge is -2.17. The lowest BCUT2D eigenvalue weighted by molar-refractivity contribution is 0.509. The quantitative estimate of drug-likeness (QED) is 0.676. The Morgan fingerprint density at radius 2 is 2.29 bits per heavy atom. The Bertz CT molecular complexity index is 808. The first-order chi connectivity index (χ1) is 10.2. The number of hydrogen-bond donors (Lipinski definition) is 0. The van der Waals surface area contributed by atoms with Crippen molar-refractivity contribution in [1.29, 1.82) is 0 Å². The van der Waals surface area contributed by atoms with Crippen LogP contribution in [-0.4, -0.2) is 30.2 Å². The molecule has 3 aromatic heterocycles. The average molecular weight is 318 g/mol. The van der Waals surface area contributed by atoms with Crippen molar-refractivity contribution < 1.29 is 0 Å². The van der Waals surface area contributed by atoms with Crippen LogP contribution in [0.25, 0.3) is 10.2 Å². The van der Waals surface area contributed by atoms with Crippen LogP contribution in [0.15, 0.2) is 16.5 Å². The molecule has 0 bridgehead atoms. The molecule has 108 valence electrons. The summed E-state index contributed by atoms with van der Waals surface area (Å²) in [6, 6.07) is 0. The molecule has 0 aliphatic heterocycles. The fourth-order valence-corrected chi connectivity index (χ4v) is 4.97. The molecule has 0 spiro atoms. The topological polar surface area (TPSA) is 69.4 Å². The Hall–Kier alpha value is -1.54. The molecule has 0 N–H and O–H groups in total. The van der Waals surface area contributed by atoms with Gasteiger partial charge < -0.3 is 0 Å². The molecule has 3 heterocycles. The van der Waals surface area contributed by atoms with Gasteiger partial charge in [0.25, 0.3) is 0 Å². The van der Waals surface area contributed by atoms with Crippen LogP contribution in [-0.2, 0) is 19.9 Å². The number of fused-ring (bicyclic) bond motifs is 3. The van der Waals surface area contributed by atoms with Crippen molar-refractivity contribution in [2.24, 2.45) is 13.0 Å². The molecule has 0 fully saturated rings. The van der Waals surface area contributed by atoms with Crippen molar-refractivity contribution in [3.8, 4) is 0 Å².